The second-order valence-corrected chi connectivity index (χ2v) is 5.73. The number of para-hydroxylation sites is 2. The maximum Gasteiger partial charge on any atom is 0.344 e. The highest BCUT2D eigenvalue weighted by Crippen LogP contribution is 2.24. The van der Waals surface area contributed by atoms with E-state index in [0.717, 1.165) is 0 Å². The van der Waals surface area contributed by atoms with Crippen molar-refractivity contribution in [2.45, 2.75) is 26.9 Å². The van der Waals surface area contributed by atoms with Gasteiger partial charge in [0.05, 0.1) is 18.4 Å². The van der Waals surface area contributed by atoms with Crippen LogP contribution in [0.5, 0.6) is 11.5 Å². The van der Waals surface area contributed by atoms with Gasteiger partial charge in [-0.05, 0) is 57.2 Å². The summed E-state index contributed by atoms with van der Waals surface area (Å²) in [6.45, 7) is 5.77. The van der Waals surface area contributed by atoms with E-state index in [0.29, 0.717) is 29.4 Å². The maximum absolute atomic E-state index is 12.4. The molecule has 6 nitrogen and oxygen atoms in total. The molecule has 2 rings (SSSR count). The summed E-state index contributed by atoms with van der Waals surface area (Å²) in [5, 5.41) is 2.82. The lowest BCUT2D eigenvalue weighted by atomic mass is 10.2. The molecule has 0 aromatic heterocycles. The summed E-state index contributed by atoms with van der Waals surface area (Å²) in [6.07, 6.45) is -0.184. The number of esters is 1. The molecule has 0 spiro atoms. The highest BCUT2D eigenvalue weighted by atomic mass is 16.6. The van der Waals surface area contributed by atoms with E-state index in [9.17, 15) is 9.59 Å². The zero-order chi connectivity index (χ0) is 18.9. The lowest BCUT2D eigenvalue weighted by Gasteiger charge is -2.12. The van der Waals surface area contributed by atoms with Crippen LogP contribution >= 0.6 is 0 Å². The molecular weight excluding hydrogens is 334 g/mol. The van der Waals surface area contributed by atoms with Gasteiger partial charge in [-0.15, -0.1) is 0 Å². The Morgan fingerprint density at radius 1 is 1.00 bits per heavy atom. The van der Waals surface area contributed by atoms with Gasteiger partial charge in [-0.1, -0.05) is 12.1 Å². The molecule has 6 heteroatoms. The summed E-state index contributed by atoms with van der Waals surface area (Å²) < 4.78 is 15.8. The third-order valence-electron chi connectivity index (χ3n) is 3.28. The minimum atomic E-state index is -0.436. The molecule has 2 aromatic rings. The van der Waals surface area contributed by atoms with Crippen molar-refractivity contribution in [3.05, 3.63) is 54.1 Å². The average molecular weight is 357 g/mol. The quantitative estimate of drug-likeness (QED) is 0.730. The highest BCUT2D eigenvalue weighted by Gasteiger charge is 2.11. The number of nitrogens with one attached hydrogen (secondary N) is 1. The van der Waals surface area contributed by atoms with E-state index in [1.54, 1.807) is 50.2 Å². The Morgan fingerprint density at radius 2 is 1.69 bits per heavy atom. The molecule has 1 N–H and O–H groups in total. The molecule has 0 aliphatic heterocycles. The molecule has 0 heterocycles. The lowest BCUT2D eigenvalue weighted by molar-refractivity contribution is -0.149. The first-order valence-electron chi connectivity index (χ1n) is 8.45. The third-order valence-corrected chi connectivity index (χ3v) is 3.28. The van der Waals surface area contributed by atoms with E-state index in [2.05, 4.69) is 5.32 Å². The summed E-state index contributed by atoms with van der Waals surface area (Å²) in [5.41, 5.74) is 1.07. The molecular formula is C20H23NO5. The largest absolute Gasteiger partial charge is 0.492 e. The average Bonchev–Trinajstić information content (AvgIpc) is 2.61. The predicted octanol–water partition coefficient (Wildman–Crippen LogP) is 3.67. The standard InChI is InChI=1S/C20H23NO5/c1-4-24-18-8-6-5-7-17(18)21-20(23)15-9-11-16(12-10-15)25-13-19(22)26-14(2)3/h5-12,14H,4,13H2,1-3H3,(H,21,23). The molecule has 0 atom stereocenters. The van der Waals surface area contributed by atoms with E-state index < -0.39 is 5.97 Å². The molecule has 0 saturated carbocycles. The van der Waals surface area contributed by atoms with E-state index in [4.69, 9.17) is 14.2 Å². The molecule has 26 heavy (non-hydrogen) atoms. The van der Waals surface area contributed by atoms with Crippen LogP contribution in [0.1, 0.15) is 31.1 Å². The zero-order valence-electron chi connectivity index (χ0n) is 15.2. The molecule has 0 fully saturated rings. The van der Waals surface area contributed by atoms with Crippen LogP contribution in [0.3, 0.4) is 0 Å². The Morgan fingerprint density at radius 3 is 2.35 bits per heavy atom. The van der Waals surface area contributed by atoms with Crippen molar-refractivity contribution in [2.75, 3.05) is 18.5 Å². The first-order chi connectivity index (χ1) is 12.5. The number of hydrogen-bond donors (Lipinski definition) is 1. The number of ether oxygens (including phenoxy) is 3. The summed E-state index contributed by atoms with van der Waals surface area (Å²) in [7, 11) is 0. The van der Waals surface area contributed by atoms with Gasteiger partial charge in [-0.25, -0.2) is 4.79 Å². The summed E-state index contributed by atoms with van der Waals surface area (Å²) >= 11 is 0. The second-order valence-electron chi connectivity index (χ2n) is 5.73. The zero-order valence-corrected chi connectivity index (χ0v) is 15.2. The number of rotatable bonds is 8. The van der Waals surface area contributed by atoms with Crippen molar-refractivity contribution < 1.29 is 23.8 Å². The summed E-state index contributed by atoms with van der Waals surface area (Å²) in [5.74, 6) is 0.404. The van der Waals surface area contributed by atoms with Crippen LogP contribution in [0, 0.1) is 0 Å². The minimum Gasteiger partial charge on any atom is -0.492 e. The summed E-state index contributed by atoms with van der Waals surface area (Å²) in [6, 6.07) is 13.8. The van der Waals surface area contributed by atoms with Gasteiger partial charge in [0.15, 0.2) is 6.61 Å². The van der Waals surface area contributed by atoms with Gasteiger partial charge in [0.1, 0.15) is 11.5 Å². The highest BCUT2D eigenvalue weighted by molar-refractivity contribution is 6.05. The molecule has 138 valence electrons. The second kappa shape index (κ2) is 9.46. The Kier molecular flexibility index (Phi) is 7.02. The van der Waals surface area contributed by atoms with Gasteiger partial charge in [0.2, 0.25) is 0 Å². The number of amides is 1. The van der Waals surface area contributed by atoms with Crippen molar-refractivity contribution in [1.29, 1.82) is 0 Å². The molecule has 1 amide bonds. The van der Waals surface area contributed by atoms with Gasteiger partial charge < -0.3 is 19.5 Å². The predicted molar refractivity (Wildman–Crippen MR) is 98.7 cm³/mol. The third kappa shape index (κ3) is 5.81. The number of benzene rings is 2. The normalized spacial score (nSPS) is 10.3. The van der Waals surface area contributed by atoms with Crippen molar-refractivity contribution in [2.24, 2.45) is 0 Å². The van der Waals surface area contributed by atoms with E-state index in [1.807, 2.05) is 19.1 Å². The van der Waals surface area contributed by atoms with E-state index >= 15 is 0 Å². The first kappa shape index (κ1) is 19.3. The van der Waals surface area contributed by atoms with Crippen molar-refractivity contribution in [1.82, 2.24) is 0 Å². The van der Waals surface area contributed by atoms with E-state index in [1.165, 1.54) is 0 Å². The van der Waals surface area contributed by atoms with Gasteiger partial charge in [0.25, 0.3) is 5.91 Å². The van der Waals surface area contributed by atoms with Crippen molar-refractivity contribution in [3.63, 3.8) is 0 Å². The summed E-state index contributed by atoms with van der Waals surface area (Å²) in [4.78, 5) is 23.9. The fraction of sp³-hybridized carbons (Fsp3) is 0.300. The molecule has 0 bridgehead atoms. The molecule has 0 aliphatic carbocycles. The lowest BCUT2D eigenvalue weighted by Crippen LogP contribution is -2.18. The molecule has 0 radical (unpaired) electrons. The van der Waals surface area contributed by atoms with Crippen LogP contribution in [-0.2, 0) is 9.53 Å². The Balaban J connectivity index is 1.95. The number of carbonyl (C=O) groups excluding carboxylic acids is 2. The van der Waals surface area contributed by atoms with Crippen molar-refractivity contribution in [3.8, 4) is 11.5 Å². The monoisotopic (exact) mass is 357 g/mol. The molecule has 0 saturated heterocycles. The fourth-order valence-corrected chi connectivity index (χ4v) is 2.19. The maximum atomic E-state index is 12.4. The SMILES string of the molecule is CCOc1ccccc1NC(=O)c1ccc(OCC(=O)OC(C)C)cc1. The number of anilines is 1. The molecule has 2 aromatic carbocycles. The van der Waals surface area contributed by atoms with Crippen LogP contribution in [0.25, 0.3) is 0 Å². The van der Waals surface area contributed by atoms with Crippen molar-refractivity contribution >= 4 is 17.6 Å². The van der Waals surface area contributed by atoms with Gasteiger partial charge in [0, 0.05) is 5.56 Å². The van der Waals surface area contributed by atoms with Gasteiger partial charge >= 0.3 is 5.97 Å². The van der Waals surface area contributed by atoms with Crippen LogP contribution in [-0.4, -0.2) is 31.2 Å². The van der Waals surface area contributed by atoms with Crippen LogP contribution in [0.4, 0.5) is 5.69 Å². The smallest absolute Gasteiger partial charge is 0.344 e. The topological polar surface area (TPSA) is 73.9 Å². The Hall–Kier alpha value is -3.02. The van der Waals surface area contributed by atoms with Crippen LogP contribution < -0.4 is 14.8 Å². The molecule has 0 aliphatic rings. The number of hydrogen-bond acceptors (Lipinski definition) is 5. The first-order valence-corrected chi connectivity index (χ1v) is 8.45. The van der Waals surface area contributed by atoms with E-state index in [-0.39, 0.29) is 18.6 Å². The van der Waals surface area contributed by atoms with Crippen LogP contribution in [0.2, 0.25) is 0 Å². The fourth-order valence-electron chi connectivity index (χ4n) is 2.19. The Labute approximate surface area is 153 Å². The number of carbonyl (C=O) groups is 2. The molecule has 0 unspecified atom stereocenters. The van der Waals surface area contributed by atoms with Gasteiger partial charge in [-0.2, -0.15) is 0 Å². The van der Waals surface area contributed by atoms with Crippen LogP contribution in [0.15, 0.2) is 48.5 Å². The minimum absolute atomic E-state index is 0.175. The van der Waals surface area contributed by atoms with Gasteiger partial charge in [-0.3, -0.25) is 4.79 Å². The Bertz CT molecular complexity index is 740.